The molecule has 0 aromatic heterocycles. The van der Waals surface area contributed by atoms with E-state index in [9.17, 15) is 0 Å². The number of benzene rings is 2. The molecule has 4 nitrogen and oxygen atoms in total. The first-order valence-corrected chi connectivity index (χ1v) is 21.4. The standard InChI is InChI=1S/C18H28O3Si3.C3H10OSi/c1-22(2)20-24(5,6)21-23(3,4)19-18-14-12-17(13-15-18)16-10-8-7-9-11-16;1-4-5(2)3/h7-15,22H,1-6H3;5H,1-3H3. The van der Waals surface area contributed by atoms with Crippen molar-refractivity contribution in [2.45, 2.75) is 52.4 Å². The molecule has 0 atom stereocenters. The maximum Gasteiger partial charge on any atom is 0.383 e. The summed E-state index contributed by atoms with van der Waals surface area (Å²) in [5.41, 5.74) is 2.40. The van der Waals surface area contributed by atoms with E-state index >= 15 is 0 Å². The molecule has 0 aliphatic rings. The molecule has 0 fully saturated rings. The van der Waals surface area contributed by atoms with Crippen LogP contribution in [0.2, 0.25) is 52.4 Å². The van der Waals surface area contributed by atoms with E-state index in [2.05, 4.69) is 76.6 Å². The highest BCUT2D eigenvalue weighted by Gasteiger charge is 2.38. The Labute approximate surface area is 183 Å². The zero-order chi connectivity index (χ0) is 22.1. The van der Waals surface area contributed by atoms with Gasteiger partial charge in [-0.05, 0) is 75.6 Å². The summed E-state index contributed by atoms with van der Waals surface area (Å²) in [5.74, 6) is 0.859. The van der Waals surface area contributed by atoms with Crippen LogP contribution >= 0.6 is 0 Å². The summed E-state index contributed by atoms with van der Waals surface area (Å²) < 4.78 is 23.5. The largest absolute Gasteiger partial charge is 0.521 e. The van der Waals surface area contributed by atoms with Crippen molar-refractivity contribution in [2.75, 3.05) is 7.11 Å². The first kappa shape index (κ1) is 26.0. The van der Waals surface area contributed by atoms with Gasteiger partial charge in [-0.1, -0.05) is 42.5 Å². The summed E-state index contributed by atoms with van der Waals surface area (Å²) in [7, 11) is -4.40. The number of rotatable bonds is 8. The van der Waals surface area contributed by atoms with Crippen molar-refractivity contribution in [3.05, 3.63) is 54.6 Å². The Morgan fingerprint density at radius 2 is 1.14 bits per heavy atom. The van der Waals surface area contributed by atoms with Gasteiger partial charge in [0, 0.05) is 7.11 Å². The Hall–Kier alpha value is -1.01. The lowest BCUT2D eigenvalue weighted by Crippen LogP contribution is -2.51. The summed E-state index contributed by atoms with van der Waals surface area (Å²) in [4.78, 5) is 0. The minimum Gasteiger partial charge on any atom is -0.521 e. The van der Waals surface area contributed by atoms with Gasteiger partial charge < -0.3 is 17.1 Å². The van der Waals surface area contributed by atoms with Gasteiger partial charge in [0.15, 0.2) is 18.1 Å². The molecule has 8 heteroatoms. The van der Waals surface area contributed by atoms with Gasteiger partial charge in [0.1, 0.15) is 5.75 Å². The molecule has 0 N–H and O–H groups in total. The summed E-state index contributed by atoms with van der Waals surface area (Å²) >= 11 is 0. The zero-order valence-electron chi connectivity index (χ0n) is 19.5. The van der Waals surface area contributed by atoms with E-state index in [0.717, 1.165) is 5.75 Å². The van der Waals surface area contributed by atoms with Gasteiger partial charge in [0.05, 0.1) is 0 Å². The SMILES string of the molecule is CO[SiH](C)C.C[SiH](C)O[Si](C)(C)O[Si](C)(C)Oc1ccc(-c2ccccc2)cc1. The van der Waals surface area contributed by atoms with E-state index in [1.54, 1.807) is 7.11 Å². The molecular formula is C21H38O4Si4. The van der Waals surface area contributed by atoms with E-state index in [1.165, 1.54) is 11.1 Å². The highest BCUT2D eigenvalue weighted by molar-refractivity contribution is 6.82. The monoisotopic (exact) mass is 466 g/mol. The first-order chi connectivity index (χ1) is 13.4. The second-order valence-corrected chi connectivity index (χ2v) is 20.6. The van der Waals surface area contributed by atoms with Crippen LogP contribution in [0.4, 0.5) is 0 Å². The molecule has 0 unspecified atom stereocenters. The van der Waals surface area contributed by atoms with Crippen LogP contribution in [0.1, 0.15) is 0 Å². The molecule has 0 amide bonds. The highest BCUT2D eigenvalue weighted by atomic mass is 28.5. The van der Waals surface area contributed by atoms with Gasteiger partial charge in [-0.25, -0.2) is 0 Å². The third kappa shape index (κ3) is 11.1. The van der Waals surface area contributed by atoms with Crippen molar-refractivity contribution < 1.29 is 17.1 Å². The number of hydrogen-bond donors (Lipinski definition) is 0. The molecule has 2 rings (SSSR count). The zero-order valence-corrected chi connectivity index (χ0v) is 23.8. The van der Waals surface area contributed by atoms with Crippen LogP contribution in [0.3, 0.4) is 0 Å². The maximum absolute atomic E-state index is 6.32. The fraction of sp³-hybridized carbons (Fsp3) is 0.429. The molecule has 0 spiro atoms. The van der Waals surface area contributed by atoms with Crippen LogP contribution in [0.15, 0.2) is 54.6 Å². The van der Waals surface area contributed by atoms with E-state index < -0.39 is 35.2 Å². The van der Waals surface area contributed by atoms with Gasteiger partial charge in [0.25, 0.3) is 0 Å². The van der Waals surface area contributed by atoms with Gasteiger partial charge in [-0.2, -0.15) is 0 Å². The van der Waals surface area contributed by atoms with Crippen LogP contribution in [0.5, 0.6) is 5.75 Å². The summed E-state index contributed by atoms with van der Waals surface area (Å²) in [6.45, 7) is 17.0. The molecule has 2 aromatic carbocycles. The smallest absolute Gasteiger partial charge is 0.383 e. The minimum absolute atomic E-state index is 0.650. The molecule has 0 radical (unpaired) electrons. The molecule has 0 aliphatic carbocycles. The normalized spacial score (nSPS) is 12.0. The molecule has 162 valence electrons. The average molecular weight is 467 g/mol. The topological polar surface area (TPSA) is 36.9 Å². The third-order valence-electron chi connectivity index (χ3n) is 3.81. The molecular weight excluding hydrogens is 429 g/mol. The molecule has 0 aliphatic heterocycles. The molecule has 0 saturated carbocycles. The maximum atomic E-state index is 6.32. The van der Waals surface area contributed by atoms with E-state index in [0.29, 0.717) is 0 Å². The molecule has 0 saturated heterocycles. The van der Waals surface area contributed by atoms with Crippen LogP contribution in [0.25, 0.3) is 11.1 Å². The van der Waals surface area contributed by atoms with Crippen molar-refractivity contribution in [2.24, 2.45) is 0 Å². The highest BCUT2D eigenvalue weighted by Crippen LogP contribution is 2.25. The lowest BCUT2D eigenvalue weighted by Gasteiger charge is -2.34. The molecule has 29 heavy (non-hydrogen) atoms. The van der Waals surface area contributed by atoms with Crippen LogP contribution < -0.4 is 4.43 Å². The van der Waals surface area contributed by atoms with Gasteiger partial charge in [-0.3, -0.25) is 0 Å². The Morgan fingerprint density at radius 3 is 1.59 bits per heavy atom. The van der Waals surface area contributed by atoms with Crippen molar-refractivity contribution >= 4 is 35.2 Å². The lowest BCUT2D eigenvalue weighted by molar-refractivity contribution is 0.337. The minimum atomic E-state index is -2.28. The Kier molecular flexibility index (Phi) is 10.8. The Bertz CT molecular complexity index is 704. The molecule has 2 aromatic rings. The Balaban J connectivity index is 0.000000749. The van der Waals surface area contributed by atoms with Gasteiger partial charge >= 0.3 is 17.1 Å². The van der Waals surface area contributed by atoms with E-state index in [1.807, 2.05) is 30.3 Å². The predicted octanol–water partition coefficient (Wildman–Crippen LogP) is 5.77. The van der Waals surface area contributed by atoms with Crippen molar-refractivity contribution in [1.82, 2.24) is 0 Å². The average Bonchev–Trinajstić information content (AvgIpc) is 2.61. The van der Waals surface area contributed by atoms with E-state index in [4.69, 9.17) is 17.1 Å². The number of hydrogen-bond acceptors (Lipinski definition) is 4. The van der Waals surface area contributed by atoms with Crippen LogP contribution in [0, 0.1) is 0 Å². The van der Waals surface area contributed by atoms with Crippen molar-refractivity contribution in [3.63, 3.8) is 0 Å². The van der Waals surface area contributed by atoms with Gasteiger partial charge in [0.2, 0.25) is 0 Å². The summed E-state index contributed by atoms with van der Waals surface area (Å²) in [6, 6.07) is 18.6. The summed E-state index contributed by atoms with van der Waals surface area (Å²) in [6.07, 6.45) is 0. The molecule has 0 heterocycles. The van der Waals surface area contributed by atoms with Crippen molar-refractivity contribution in [1.29, 1.82) is 0 Å². The van der Waals surface area contributed by atoms with Gasteiger partial charge in [-0.15, -0.1) is 0 Å². The first-order valence-electron chi connectivity index (χ1n) is 10.2. The second-order valence-electron chi connectivity index (χ2n) is 8.35. The predicted molar refractivity (Wildman–Crippen MR) is 134 cm³/mol. The second kappa shape index (κ2) is 12.0. The molecule has 0 bridgehead atoms. The lowest BCUT2D eigenvalue weighted by atomic mass is 10.1. The van der Waals surface area contributed by atoms with Crippen molar-refractivity contribution in [3.8, 4) is 16.9 Å². The fourth-order valence-corrected chi connectivity index (χ4v) is 13.6. The van der Waals surface area contributed by atoms with E-state index in [-0.39, 0.29) is 0 Å². The fourth-order valence-electron chi connectivity index (χ4n) is 2.83. The summed E-state index contributed by atoms with van der Waals surface area (Å²) in [5, 5.41) is 0. The Morgan fingerprint density at radius 1 is 0.655 bits per heavy atom. The van der Waals surface area contributed by atoms with Crippen LogP contribution in [-0.2, 0) is 12.7 Å². The third-order valence-corrected chi connectivity index (χ3v) is 13.6. The quantitative estimate of drug-likeness (QED) is 0.463. The van der Waals surface area contributed by atoms with Crippen LogP contribution in [-0.4, -0.2) is 42.3 Å².